The summed E-state index contributed by atoms with van der Waals surface area (Å²) in [6.07, 6.45) is -7.31. The van der Waals surface area contributed by atoms with Gasteiger partial charge in [0.15, 0.2) is 0 Å². The Balaban J connectivity index is 1.42. The summed E-state index contributed by atoms with van der Waals surface area (Å²) in [6, 6.07) is 38.6. The molecule has 0 aromatic heterocycles. The number of rotatable bonds is 13. The molecule has 4 aromatic carbocycles. The van der Waals surface area contributed by atoms with Gasteiger partial charge in [0.1, 0.15) is 30.5 Å². The fourth-order valence-corrected chi connectivity index (χ4v) is 4.95. The first-order chi connectivity index (χ1) is 20.7. The highest BCUT2D eigenvalue weighted by molar-refractivity contribution is 5.16. The van der Waals surface area contributed by atoms with Crippen molar-refractivity contribution in [3.05, 3.63) is 144 Å². The number of aliphatic hydroxyl groups excluding tert-OH is 1. The molecule has 1 N–H and O–H groups in total. The molecule has 0 amide bonds. The van der Waals surface area contributed by atoms with Gasteiger partial charge in [-0.3, -0.25) is 0 Å². The summed E-state index contributed by atoms with van der Waals surface area (Å²) in [7, 11) is 0. The Hall–Kier alpha value is -3.43. The van der Waals surface area contributed by atoms with E-state index in [1.807, 2.05) is 121 Å². The molecule has 6 nitrogen and oxygen atoms in total. The first kappa shape index (κ1) is 30.0. The molecule has 4 aromatic rings. The first-order valence-corrected chi connectivity index (χ1v) is 14.2. The third-order valence-electron chi connectivity index (χ3n) is 7.17. The van der Waals surface area contributed by atoms with Crippen LogP contribution in [-0.2, 0) is 50.1 Å². The molecule has 0 radical (unpaired) electrons. The van der Waals surface area contributed by atoms with E-state index in [1.54, 1.807) is 0 Å². The van der Waals surface area contributed by atoms with Crippen molar-refractivity contribution in [1.82, 2.24) is 0 Å². The second kappa shape index (κ2) is 15.7. The molecule has 5 rings (SSSR count). The minimum absolute atomic E-state index is 0.0259. The van der Waals surface area contributed by atoms with E-state index >= 15 is 4.39 Å². The van der Waals surface area contributed by atoms with Gasteiger partial charge in [0.05, 0.1) is 33.0 Å². The lowest BCUT2D eigenvalue weighted by molar-refractivity contribution is -0.189. The quantitative estimate of drug-likeness (QED) is 0.212. The van der Waals surface area contributed by atoms with Gasteiger partial charge in [-0.05, 0) is 22.3 Å². The molecular weight excluding hydrogens is 535 g/mol. The van der Waals surface area contributed by atoms with Gasteiger partial charge in [0.2, 0.25) is 6.36 Å². The van der Waals surface area contributed by atoms with Gasteiger partial charge in [-0.15, -0.1) is 0 Å². The van der Waals surface area contributed by atoms with Crippen LogP contribution >= 0.6 is 0 Å². The topological polar surface area (TPSA) is 66.4 Å². The first-order valence-electron chi connectivity index (χ1n) is 14.2. The highest BCUT2D eigenvalue weighted by Crippen LogP contribution is 2.30. The monoisotopic (exact) mass is 572 g/mol. The maximum Gasteiger partial charge on any atom is 0.228 e. The van der Waals surface area contributed by atoms with Crippen molar-refractivity contribution in [1.29, 1.82) is 0 Å². The summed E-state index contributed by atoms with van der Waals surface area (Å²) in [5, 5.41) is 11.2. The maximum atomic E-state index is 15.6. The number of alkyl halides is 1. The Labute approximate surface area is 246 Å². The molecule has 0 spiro atoms. The summed E-state index contributed by atoms with van der Waals surface area (Å²) in [4.78, 5) is 0. The number of aliphatic hydroxyl groups is 1. The zero-order valence-electron chi connectivity index (χ0n) is 23.4. The molecule has 1 aliphatic heterocycles. The van der Waals surface area contributed by atoms with Crippen molar-refractivity contribution in [2.75, 3.05) is 6.61 Å². The summed E-state index contributed by atoms with van der Waals surface area (Å²) < 4.78 is 46.5. The van der Waals surface area contributed by atoms with Crippen LogP contribution in [0.2, 0.25) is 0 Å². The van der Waals surface area contributed by atoms with Crippen LogP contribution in [0.5, 0.6) is 0 Å². The molecule has 0 bridgehead atoms. The van der Waals surface area contributed by atoms with Crippen LogP contribution in [0, 0.1) is 0 Å². The Morgan fingerprint density at radius 3 is 1.36 bits per heavy atom. The number of hydrogen-bond acceptors (Lipinski definition) is 6. The summed E-state index contributed by atoms with van der Waals surface area (Å²) in [5.74, 6) is 0. The Morgan fingerprint density at radius 1 is 0.524 bits per heavy atom. The molecule has 6 atom stereocenters. The number of benzene rings is 4. The van der Waals surface area contributed by atoms with E-state index in [2.05, 4.69) is 0 Å². The maximum absolute atomic E-state index is 15.6. The highest BCUT2D eigenvalue weighted by Gasteiger charge is 2.49. The van der Waals surface area contributed by atoms with E-state index < -0.39 is 36.9 Å². The van der Waals surface area contributed by atoms with Gasteiger partial charge >= 0.3 is 0 Å². The lowest BCUT2D eigenvalue weighted by Crippen LogP contribution is -2.51. The molecule has 0 aliphatic carbocycles. The number of hydrogen-bond donors (Lipinski definition) is 1. The van der Waals surface area contributed by atoms with E-state index in [0.29, 0.717) is 6.61 Å². The van der Waals surface area contributed by atoms with E-state index in [9.17, 15) is 5.11 Å². The zero-order chi connectivity index (χ0) is 29.0. The van der Waals surface area contributed by atoms with Crippen LogP contribution < -0.4 is 0 Å². The largest absolute Gasteiger partial charge is 0.385 e. The third kappa shape index (κ3) is 8.55. The van der Waals surface area contributed by atoms with Gasteiger partial charge in [-0.1, -0.05) is 121 Å². The van der Waals surface area contributed by atoms with E-state index in [1.165, 1.54) is 0 Å². The van der Waals surface area contributed by atoms with Crippen LogP contribution in [0.4, 0.5) is 4.39 Å². The van der Waals surface area contributed by atoms with Crippen molar-refractivity contribution < 1.29 is 33.2 Å². The van der Waals surface area contributed by atoms with E-state index in [-0.39, 0.29) is 26.4 Å². The third-order valence-corrected chi connectivity index (χ3v) is 7.17. The second-order valence-corrected chi connectivity index (χ2v) is 10.3. The van der Waals surface area contributed by atoms with Gasteiger partial charge in [-0.25, -0.2) is 4.39 Å². The smallest absolute Gasteiger partial charge is 0.228 e. The van der Waals surface area contributed by atoms with Gasteiger partial charge in [0.25, 0.3) is 0 Å². The molecule has 1 fully saturated rings. The van der Waals surface area contributed by atoms with Crippen LogP contribution in [0.25, 0.3) is 0 Å². The lowest BCUT2D eigenvalue weighted by atomic mass is 9.99. The number of ether oxygens (including phenoxy) is 5. The van der Waals surface area contributed by atoms with Crippen LogP contribution in [0.15, 0.2) is 121 Å². The Bertz CT molecular complexity index is 1290. The fraction of sp³-hybridized carbons (Fsp3) is 0.314. The molecule has 1 saturated heterocycles. The highest BCUT2D eigenvalue weighted by atomic mass is 19.1. The van der Waals surface area contributed by atoms with Gasteiger partial charge < -0.3 is 28.8 Å². The summed E-state index contributed by atoms with van der Waals surface area (Å²) in [5.41, 5.74) is 3.73. The second-order valence-electron chi connectivity index (χ2n) is 10.3. The van der Waals surface area contributed by atoms with Gasteiger partial charge in [-0.2, -0.15) is 0 Å². The molecule has 220 valence electrons. The van der Waals surface area contributed by atoms with Gasteiger partial charge in [0, 0.05) is 0 Å². The fourth-order valence-electron chi connectivity index (χ4n) is 4.95. The molecule has 42 heavy (non-hydrogen) atoms. The minimum atomic E-state index is -2.04. The number of halogens is 1. The molecule has 1 aliphatic rings. The predicted octanol–water partition coefficient (Wildman–Crippen LogP) is 6.01. The standard InChI is InChI=1S/C35H37FO6/c36-35-31(37)33(40-23-28-17-9-3-10-18-28)34(41-24-29-19-11-4-12-20-29)32(39-22-27-15-7-2-8-16-27)30(42-35)25-38-21-26-13-5-1-6-14-26/h1-20,30-35,37H,21-25H2/t30-,31+,32-,33+,34+,35?/m1/s1. The van der Waals surface area contributed by atoms with Crippen molar-refractivity contribution in [3.63, 3.8) is 0 Å². The van der Waals surface area contributed by atoms with Crippen molar-refractivity contribution in [2.24, 2.45) is 0 Å². The van der Waals surface area contributed by atoms with Crippen LogP contribution in [0.3, 0.4) is 0 Å². The normalized spacial score (nSPS) is 24.2. The van der Waals surface area contributed by atoms with Crippen molar-refractivity contribution in [2.45, 2.75) is 63.3 Å². The SMILES string of the molecule is O[C@@H]1C(F)O[C@H](COCc2ccccc2)[C@@H](OCc2ccccc2)[C@H](OCc2ccccc2)[C@H]1OCc1ccccc1. The Morgan fingerprint density at radius 2 is 0.905 bits per heavy atom. The van der Waals surface area contributed by atoms with Crippen molar-refractivity contribution in [3.8, 4) is 0 Å². The lowest BCUT2D eigenvalue weighted by Gasteiger charge is -2.35. The summed E-state index contributed by atoms with van der Waals surface area (Å²) >= 11 is 0. The van der Waals surface area contributed by atoms with Crippen LogP contribution in [0.1, 0.15) is 22.3 Å². The molecule has 1 heterocycles. The van der Waals surface area contributed by atoms with Crippen molar-refractivity contribution >= 4 is 0 Å². The summed E-state index contributed by atoms with van der Waals surface area (Å²) in [6.45, 7) is 0.936. The molecule has 0 saturated carbocycles. The van der Waals surface area contributed by atoms with E-state index in [0.717, 1.165) is 22.3 Å². The predicted molar refractivity (Wildman–Crippen MR) is 157 cm³/mol. The average molecular weight is 573 g/mol. The average Bonchev–Trinajstić information content (AvgIpc) is 3.13. The zero-order valence-corrected chi connectivity index (χ0v) is 23.4. The van der Waals surface area contributed by atoms with Crippen LogP contribution in [-0.4, -0.2) is 48.6 Å². The van der Waals surface area contributed by atoms with E-state index in [4.69, 9.17) is 23.7 Å². The Kier molecular flexibility index (Phi) is 11.2. The minimum Gasteiger partial charge on any atom is -0.385 e. The molecular formula is C35H37FO6. The molecule has 7 heteroatoms. The molecule has 1 unspecified atom stereocenters.